The first-order chi connectivity index (χ1) is 24.8. The van der Waals surface area contributed by atoms with Gasteiger partial charge in [0, 0.05) is 13.3 Å². The molecule has 15 N–H and O–H groups in total. The number of rotatable bonds is 17. The maximum Gasteiger partial charge on any atom is 0.364 e. The van der Waals surface area contributed by atoms with Crippen LogP contribution in [-0.2, 0) is 42.8 Å². The van der Waals surface area contributed by atoms with Crippen molar-refractivity contribution in [2.24, 2.45) is 0 Å². The SMILES string of the molecule is CC(=O)NC1C(O)CC(OC2C(O)C(CO)OC(OC(C(O)CO)C(OC3OC(C)C(O)C(O)C3O)C(O)C=O)C2O)(C(=O)O)OC1C(O)C(O)CO. The average molecular weight is 780 g/mol. The number of ether oxygens (including phenoxy) is 6. The number of amides is 1. The van der Waals surface area contributed by atoms with Crippen LogP contribution in [0.2, 0.25) is 0 Å². The highest BCUT2D eigenvalue weighted by Gasteiger charge is 2.60. The monoisotopic (exact) mass is 779 g/mol. The number of aliphatic hydroxyl groups excluding tert-OH is 13. The van der Waals surface area contributed by atoms with Gasteiger partial charge in [-0.1, -0.05) is 0 Å². The van der Waals surface area contributed by atoms with Crippen molar-refractivity contribution in [2.45, 2.75) is 142 Å². The average Bonchev–Trinajstić information content (AvgIpc) is 3.12. The summed E-state index contributed by atoms with van der Waals surface area (Å²) in [5.74, 6) is -6.00. The zero-order valence-corrected chi connectivity index (χ0v) is 28.3. The molecule has 3 saturated heterocycles. The largest absolute Gasteiger partial charge is 0.477 e. The topological polar surface area (TPSA) is 402 Å². The van der Waals surface area contributed by atoms with Crippen molar-refractivity contribution < 1.29 is 114 Å². The Hall–Kier alpha value is -2.15. The highest BCUT2D eigenvalue weighted by atomic mass is 16.8. The van der Waals surface area contributed by atoms with Crippen LogP contribution in [0, 0.1) is 0 Å². The number of aldehydes is 1. The molecule has 0 saturated carbocycles. The van der Waals surface area contributed by atoms with Gasteiger partial charge in [-0.05, 0) is 6.92 Å². The van der Waals surface area contributed by atoms with Gasteiger partial charge in [0.1, 0.15) is 85.5 Å². The van der Waals surface area contributed by atoms with Crippen LogP contribution in [0.5, 0.6) is 0 Å². The normalized spacial score (nSPS) is 41.4. The van der Waals surface area contributed by atoms with Crippen LogP contribution in [0.25, 0.3) is 0 Å². The second kappa shape index (κ2) is 19.1. The Balaban J connectivity index is 2.00. The van der Waals surface area contributed by atoms with Gasteiger partial charge in [-0.3, -0.25) is 4.79 Å². The molecule has 3 rings (SSSR count). The molecule has 0 radical (unpaired) electrons. The molecule has 20 atom stereocenters. The fourth-order valence-electron chi connectivity index (χ4n) is 6.13. The Morgan fingerprint density at radius 1 is 0.849 bits per heavy atom. The number of carbonyl (C=O) groups is 3. The zero-order chi connectivity index (χ0) is 40.1. The molecule has 24 heteroatoms. The Morgan fingerprint density at radius 3 is 1.96 bits per heavy atom. The van der Waals surface area contributed by atoms with Gasteiger partial charge >= 0.3 is 5.97 Å². The lowest BCUT2D eigenvalue weighted by molar-refractivity contribution is -0.381. The van der Waals surface area contributed by atoms with E-state index in [1.54, 1.807) is 0 Å². The Kier molecular flexibility index (Phi) is 16.3. The second-order valence-corrected chi connectivity index (χ2v) is 12.9. The summed E-state index contributed by atoms with van der Waals surface area (Å²) in [4.78, 5) is 36.3. The van der Waals surface area contributed by atoms with Gasteiger partial charge in [-0.15, -0.1) is 0 Å². The van der Waals surface area contributed by atoms with E-state index in [0.717, 1.165) is 6.92 Å². The first-order valence-electron chi connectivity index (χ1n) is 16.3. The molecule has 0 spiro atoms. The Labute approximate surface area is 300 Å². The van der Waals surface area contributed by atoms with E-state index in [0.29, 0.717) is 0 Å². The van der Waals surface area contributed by atoms with Crippen LogP contribution in [0.4, 0.5) is 0 Å². The molecule has 3 aliphatic rings. The molecule has 3 aliphatic heterocycles. The third-order valence-electron chi connectivity index (χ3n) is 9.09. The van der Waals surface area contributed by atoms with E-state index in [2.05, 4.69) is 5.32 Å². The summed E-state index contributed by atoms with van der Waals surface area (Å²) in [5.41, 5.74) is 0. The molecule has 24 nitrogen and oxygen atoms in total. The fourth-order valence-corrected chi connectivity index (χ4v) is 6.13. The van der Waals surface area contributed by atoms with Crippen LogP contribution in [-0.4, -0.2) is 232 Å². The van der Waals surface area contributed by atoms with E-state index in [1.807, 2.05) is 0 Å². The molecular formula is C29H49NO23. The second-order valence-electron chi connectivity index (χ2n) is 12.9. The van der Waals surface area contributed by atoms with E-state index in [9.17, 15) is 85.9 Å². The number of nitrogens with one attached hydrogen (secondary N) is 1. The smallest absolute Gasteiger partial charge is 0.364 e. The van der Waals surface area contributed by atoms with Gasteiger partial charge in [0.2, 0.25) is 5.91 Å². The molecule has 0 aromatic rings. The molecule has 3 fully saturated rings. The van der Waals surface area contributed by atoms with E-state index in [-0.39, 0.29) is 6.29 Å². The van der Waals surface area contributed by atoms with Gasteiger partial charge in [0.25, 0.3) is 5.79 Å². The number of aliphatic hydroxyl groups is 13. The minimum absolute atomic E-state index is 0.130. The Bertz CT molecular complexity index is 1200. The van der Waals surface area contributed by atoms with Crippen molar-refractivity contribution in [3.8, 4) is 0 Å². The molecule has 20 unspecified atom stereocenters. The quantitative estimate of drug-likeness (QED) is 0.0609. The van der Waals surface area contributed by atoms with Gasteiger partial charge in [0.15, 0.2) is 18.9 Å². The molecule has 0 aromatic carbocycles. The van der Waals surface area contributed by atoms with Crippen LogP contribution < -0.4 is 5.32 Å². The van der Waals surface area contributed by atoms with Gasteiger partial charge in [-0.2, -0.15) is 0 Å². The summed E-state index contributed by atoms with van der Waals surface area (Å²) in [6, 6.07) is -1.62. The predicted molar refractivity (Wildman–Crippen MR) is 162 cm³/mol. The summed E-state index contributed by atoms with van der Waals surface area (Å²) in [6.07, 6.45) is -37.8. The third kappa shape index (κ3) is 10.00. The van der Waals surface area contributed by atoms with E-state index in [1.165, 1.54) is 6.92 Å². The summed E-state index contributed by atoms with van der Waals surface area (Å²) in [5, 5.41) is 148. The van der Waals surface area contributed by atoms with E-state index < -0.39 is 160 Å². The lowest BCUT2D eigenvalue weighted by Gasteiger charge is -2.50. The maximum atomic E-state index is 12.7. The van der Waals surface area contributed by atoms with Crippen molar-refractivity contribution in [3.63, 3.8) is 0 Å². The standard InChI is InChI=1S/C29H49NO23/c1-8-16(40)19(43)20(44)26(48-8)50-22(12(38)5-32)23(13(39)6-33)51-27-21(45)25(18(42)14(7-34)49-27)53-29(28(46)47)3-10(36)15(30-9(2)35)24(52-29)17(41)11(37)4-31/h5,8,10-27,31,33-34,36-45H,3-4,6-7H2,1-2H3,(H,30,35)(H,46,47). The summed E-state index contributed by atoms with van der Waals surface area (Å²) >= 11 is 0. The van der Waals surface area contributed by atoms with Crippen LogP contribution in [0.1, 0.15) is 20.3 Å². The van der Waals surface area contributed by atoms with Crippen LogP contribution in [0.3, 0.4) is 0 Å². The molecular weight excluding hydrogens is 730 g/mol. The minimum Gasteiger partial charge on any atom is -0.477 e. The molecule has 53 heavy (non-hydrogen) atoms. The number of hydrogen-bond acceptors (Lipinski definition) is 22. The van der Waals surface area contributed by atoms with Gasteiger partial charge in [-0.25, -0.2) is 4.79 Å². The molecule has 308 valence electrons. The molecule has 0 bridgehead atoms. The maximum absolute atomic E-state index is 12.7. The fraction of sp³-hybridized carbons (Fsp3) is 0.897. The first kappa shape index (κ1) is 45.2. The lowest BCUT2D eigenvalue weighted by Crippen LogP contribution is -2.70. The molecule has 0 aromatic heterocycles. The molecule has 0 aliphatic carbocycles. The van der Waals surface area contributed by atoms with Crippen molar-refractivity contribution >= 4 is 18.2 Å². The third-order valence-corrected chi connectivity index (χ3v) is 9.09. The summed E-state index contributed by atoms with van der Waals surface area (Å²) in [7, 11) is 0. The van der Waals surface area contributed by atoms with Crippen molar-refractivity contribution in [3.05, 3.63) is 0 Å². The minimum atomic E-state index is -3.15. The van der Waals surface area contributed by atoms with Crippen LogP contribution >= 0.6 is 0 Å². The molecule has 1 amide bonds. The van der Waals surface area contributed by atoms with Gasteiger partial charge in [0.05, 0.1) is 38.1 Å². The highest BCUT2D eigenvalue weighted by Crippen LogP contribution is 2.38. The number of carboxylic acid groups (broad SMARTS) is 1. The van der Waals surface area contributed by atoms with Crippen molar-refractivity contribution in [1.29, 1.82) is 0 Å². The van der Waals surface area contributed by atoms with Crippen LogP contribution in [0.15, 0.2) is 0 Å². The highest BCUT2D eigenvalue weighted by molar-refractivity contribution is 5.76. The van der Waals surface area contributed by atoms with Crippen molar-refractivity contribution in [2.75, 3.05) is 19.8 Å². The van der Waals surface area contributed by atoms with Crippen molar-refractivity contribution in [1.82, 2.24) is 5.32 Å². The number of aliphatic carboxylic acids is 1. The van der Waals surface area contributed by atoms with E-state index in [4.69, 9.17) is 28.4 Å². The first-order valence-corrected chi connectivity index (χ1v) is 16.3. The van der Waals surface area contributed by atoms with Gasteiger partial charge < -0.3 is 110 Å². The zero-order valence-electron chi connectivity index (χ0n) is 28.3. The number of hydrogen-bond donors (Lipinski definition) is 15. The Morgan fingerprint density at radius 2 is 1.43 bits per heavy atom. The predicted octanol–water partition coefficient (Wildman–Crippen LogP) is -9.53. The van der Waals surface area contributed by atoms with E-state index >= 15 is 0 Å². The number of carbonyl (C=O) groups excluding carboxylic acids is 2. The lowest BCUT2D eigenvalue weighted by atomic mass is 9.88. The summed E-state index contributed by atoms with van der Waals surface area (Å²) < 4.78 is 32.9. The number of carboxylic acids is 1. The summed E-state index contributed by atoms with van der Waals surface area (Å²) in [6.45, 7) is -1.14. The molecule has 3 heterocycles.